The van der Waals surface area contributed by atoms with Crippen LogP contribution in [0, 0.1) is 18.3 Å². The molecule has 0 fully saturated rings. The Morgan fingerprint density at radius 2 is 2.07 bits per heavy atom. The van der Waals surface area contributed by atoms with Crippen LogP contribution in [0.4, 0.5) is 0 Å². The first-order valence-corrected chi connectivity index (χ1v) is 4.45. The van der Waals surface area contributed by atoms with Crippen molar-refractivity contribution in [2.24, 2.45) is 0 Å². The molecule has 0 aliphatic heterocycles. The largest absolute Gasteiger partial charge is 0.353 e. The molecule has 0 radical (unpaired) electrons. The van der Waals surface area contributed by atoms with Gasteiger partial charge in [-0.05, 0) is 18.6 Å². The Hall–Kier alpha value is -2.01. The molecule has 0 atom stereocenters. The van der Waals surface area contributed by atoms with Gasteiger partial charge in [0.25, 0.3) is 0 Å². The summed E-state index contributed by atoms with van der Waals surface area (Å²) in [6.45, 7) is 2.06. The molecule has 0 spiro atoms. The second-order valence-electron chi connectivity index (χ2n) is 3.28. The van der Waals surface area contributed by atoms with Crippen molar-refractivity contribution in [3.8, 4) is 17.2 Å². The highest BCUT2D eigenvalue weighted by Gasteiger charge is 2.00. The summed E-state index contributed by atoms with van der Waals surface area (Å²) in [5.74, 6) is 0. The lowest BCUT2D eigenvalue weighted by Gasteiger charge is -1.97. The molecule has 0 bridgehead atoms. The Kier molecular flexibility index (Phi) is 2.08. The zero-order valence-electron chi connectivity index (χ0n) is 7.91. The number of aromatic amines is 1. The van der Waals surface area contributed by atoms with Crippen molar-refractivity contribution in [2.45, 2.75) is 6.92 Å². The van der Waals surface area contributed by atoms with E-state index in [2.05, 4.69) is 30.1 Å². The molecular weight excluding hydrogens is 172 g/mol. The van der Waals surface area contributed by atoms with Gasteiger partial charge in [0, 0.05) is 11.8 Å². The van der Waals surface area contributed by atoms with Gasteiger partial charge in [-0.2, -0.15) is 5.26 Å². The molecule has 0 saturated carbocycles. The van der Waals surface area contributed by atoms with E-state index in [1.165, 1.54) is 5.56 Å². The minimum Gasteiger partial charge on any atom is -0.353 e. The average molecular weight is 182 g/mol. The first-order chi connectivity index (χ1) is 6.79. The molecule has 14 heavy (non-hydrogen) atoms. The maximum absolute atomic E-state index is 8.67. The van der Waals surface area contributed by atoms with E-state index in [4.69, 9.17) is 5.26 Å². The van der Waals surface area contributed by atoms with Gasteiger partial charge in [0.2, 0.25) is 0 Å². The molecular formula is C12H10N2. The van der Waals surface area contributed by atoms with Gasteiger partial charge in [-0.15, -0.1) is 0 Å². The van der Waals surface area contributed by atoms with Crippen molar-refractivity contribution in [3.63, 3.8) is 0 Å². The monoisotopic (exact) mass is 182 g/mol. The molecule has 68 valence electrons. The molecule has 2 nitrogen and oxygen atoms in total. The number of rotatable bonds is 1. The van der Waals surface area contributed by atoms with Crippen molar-refractivity contribution < 1.29 is 0 Å². The lowest BCUT2D eigenvalue weighted by molar-refractivity contribution is 1.33. The van der Waals surface area contributed by atoms with Gasteiger partial charge in [0.1, 0.15) is 11.8 Å². The van der Waals surface area contributed by atoms with Gasteiger partial charge in [-0.1, -0.05) is 29.8 Å². The Balaban J connectivity index is 2.45. The lowest BCUT2D eigenvalue weighted by Crippen LogP contribution is -1.75. The Morgan fingerprint density at radius 3 is 2.71 bits per heavy atom. The van der Waals surface area contributed by atoms with Gasteiger partial charge in [0.15, 0.2) is 0 Å². The van der Waals surface area contributed by atoms with E-state index in [1.54, 1.807) is 0 Å². The number of hydrogen-bond acceptors (Lipinski definition) is 1. The molecule has 0 unspecified atom stereocenters. The number of benzene rings is 1. The van der Waals surface area contributed by atoms with Crippen molar-refractivity contribution in [1.82, 2.24) is 4.98 Å². The van der Waals surface area contributed by atoms with Crippen LogP contribution < -0.4 is 0 Å². The summed E-state index contributed by atoms with van der Waals surface area (Å²) in [6, 6.07) is 12.1. The molecule has 0 amide bonds. The molecule has 1 aromatic carbocycles. The van der Waals surface area contributed by atoms with Gasteiger partial charge >= 0.3 is 0 Å². The summed E-state index contributed by atoms with van der Waals surface area (Å²) >= 11 is 0. The fourth-order valence-corrected chi connectivity index (χ4v) is 1.45. The standard InChI is InChI=1S/C12H10N2/c1-9-3-2-4-10(5-9)11-6-12(7-13)14-8-11/h2-6,8,14H,1H3. The predicted octanol–water partition coefficient (Wildman–Crippen LogP) is 2.86. The molecule has 1 N–H and O–H groups in total. The van der Waals surface area contributed by atoms with Crippen LogP contribution in [0.5, 0.6) is 0 Å². The van der Waals surface area contributed by atoms with Gasteiger partial charge in [-0.3, -0.25) is 0 Å². The molecule has 2 rings (SSSR count). The van der Waals surface area contributed by atoms with Crippen molar-refractivity contribution in [2.75, 3.05) is 0 Å². The van der Waals surface area contributed by atoms with Crippen molar-refractivity contribution in [1.29, 1.82) is 5.26 Å². The van der Waals surface area contributed by atoms with E-state index in [1.807, 2.05) is 24.4 Å². The third-order valence-corrected chi connectivity index (χ3v) is 2.15. The van der Waals surface area contributed by atoms with E-state index < -0.39 is 0 Å². The highest BCUT2D eigenvalue weighted by molar-refractivity contribution is 5.65. The Bertz CT molecular complexity index is 489. The number of aryl methyl sites for hydroxylation is 1. The molecule has 0 aliphatic carbocycles. The molecule has 0 aliphatic rings. The minimum absolute atomic E-state index is 0.599. The summed E-state index contributed by atoms with van der Waals surface area (Å²) in [5.41, 5.74) is 4.02. The second kappa shape index (κ2) is 3.39. The normalized spacial score (nSPS) is 9.71. The number of hydrogen-bond donors (Lipinski definition) is 1. The number of H-pyrrole nitrogens is 1. The number of aromatic nitrogens is 1. The van der Waals surface area contributed by atoms with E-state index in [0.717, 1.165) is 11.1 Å². The zero-order valence-corrected chi connectivity index (χ0v) is 7.91. The topological polar surface area (TPSA) is 39.6 Å². The third kappa shape index (κ3) is 1.53. The van der Waals surface area contributed by atoms with Crippen LogP contribution >= 0.6 is 0 Å². The predicted molar refractivity (Wildman–Crippen MR) is 55.7 cm³/mol. The van der Waals surface area contributed by atoms with Gasteiger partial charge < -0.3 is 4.98 Å². The van der Waals surface area contributed by atoms with Crippen LogP contribution in [0.3, 0.4) is 0 Å². The van der Waals surface area contributed by atoms with Crippen LogP contribution in [0.25, 0.3) is 11.1 Å². The summed E-state index contributed by atoms with van der Waals surface area (Å²) in [6.07, 6.45) is 1.85. The molecule has 2 heteroatoms. The second-order valence-corrected chi connectivity index (χ2v) is 3.28. The van der Waals surface area contributed by atoms with Crippen LogP contribution in [0.15, 0.2) is 36.5 Å². The maximum Gasteiger partial charge on any atom is 0.118 e. The van der Waals surface area contributed by atoms with Gasteiger partial charge in [-0.25, -0.2) is 0 Å². The minimum atomic E-state index is 0.599. The summed E-state index contributed by atoms with van der Waals surface area (Å²) in [5, 5.41) is 8.67. The molecule has 2 aromatic rings. The zero-order chi connectivity index (χ0) is 9.97. The fraction of sp³-hybridized carbons (Fsp3) is 0.0833. The van der Waals surface area contributed by atoms with Crippen LogP contribution in [0.1, 0.15) is 11.3 Å². The lowest BCUT2D eigenvalue weighted by atomic mass is 10.1. The van der Waals surface area contributed by atoms with E-state index in [9.17, 15) is 0 Å². The summed E-state index contributed by atoms with van der Waals surface area (Å²) < 4.78 is 0. The smallest absolute Gasteiger partial charge is 0.118 e. The SMILES string of the molecule is Cc1cccc(-c2c[nH]c(C#N)c2)c1. The maximum atomic E-state index is 8.67. The van der Waals surface area contributed by atoms with Crippen LogP contribution in [-0.4, -0.2) is 4.98 Å². The van der Waals surface area contributed by atoms with E-state index in [0.29, 0.717) is 5.69 Å². The summed E-state index contributed by atoms with van der Waals surface area (Å²) in [7, 11) is 0. The fourth-order valence-electron chi connectivity index (χ4n) is 1.45. The number of nitriles is 1. The van der Waals surface area contributed by atoms with E-state index >= 15 is 0 Å². The Labute approximate surface area is 82.8 Å². The number of nitrogens with one attached hydrogen (secondary N) is 1. The summed E-state index contributed by atoms with van der Waals surface area (Å²) in [4.78, 5) is 2.91. The first-order valence-electron chi connectivity index (χ1n) is 4.45. The highest BCUT2D eigenvalue weighted by Crippen LogP contribution is 2.20. The van der Waals surface area contributed by atoms with Crippen molar-refractivity contribution in [3.05, 3.63) is 47.8 Å². The third-order valence-electron chi connectivity index (χ3n) is 2.15. The molecule has 1 heterocycles. The molecule has 1 aromatic heterocycles. The quantitative estimate of drug-likeness (QED) is 0.723. The van der Waals surface area contributed by atoms with Gasteiger partial charge in [0.05, 0.1) is 0 Å². The van der Waals surface area contributed by atoms with Crippen LogP contribution in [-0.2, 0) is 0 Å². The van der Waals surface area contributed by atoms with E-state index in [-0.39, 0.29) is 0 Å². The Morgan fingerprint density at radius 1 is 1.21 bits per heavy atom. The number of nitrogens with zero attached hydrogens (tertiary/aromatic N) is 1. The first kappa shape index (κ1) is 8.58. The highest BCUT2D eigenvalue weighted by atomic mass is 14.7. The van der Waals surface area contributed by atoms with Crippen LogP contribution in [0.2, 0.25) is 0 Å². The van der Waals surface area contributed by atoms with Crippen molar-refractivity contribution >= 4 is 0 Å². The molecule has 0 saturated heterocycles. The average Bonchev–Trinajstić information content (AvgIpc) is 2.66.